The topological polar surface area (TPSA) is 32.3 Å². The van der Waals surface area contributed by atoms with Crippen LogP contribution in [-0.2, 0) is 0 Å². The Morgan fingerprint density at radius 3 is 2.40 bits per heavy atom. The van der Waals surface area contributed by atoms with Gasteiger partial charge in [0.05, 0.1) is 0 Å². The first-order valence-electron chi connectivity index (χ1n) is 3.41. The van der Waals surface area contributed by atoms with Crippen molar-refractivity contribution in [3.63, 3.8) is 0 Å². The minimum Gasteiger partial charge on any atom is -0.332 e. The van der Waals surface area contributed by atoms with E-state index in [1.165, 1.54) is 0 Å². The molecule has 2 heterocycles. The lowest BCUT2D eigenvalue weighted by Gasteiger charge is -2.55. The van der Waals surface area contributed by atoms with Crippen molar-refractivity contribution in [1.82, 2.24) is 10.2 Å². The van der Waals surface area contributed by atoms with E-state index in [4.69, 9.17) is 0 Å². The van der Waals surface area contributed by atoms with E-state index in [0.717, 1.165) is 26.2 Å². The average Bonchev–Trinajstić information content (AvgIpc) is 1.54. The van der Waals surface area contributed by atoms with Crippen molar-refractivity contribution < 1.29 is 4.79 Å². The number of nitrogens with one attached hydrogen (secondary N) is 1. The maximum atomic E-state index is 10.6. The van der Waals surface area contributed by atoms with Crippen molar-refractivity contribution in [2.24, 2.45) is 5.41 Å². The summed E-state index contributed by atoms with van der Waals surface area (Å²) >= 11 is 3.73. The standard InChI is InChI=1S/C6H10N2OS/c9-5(10)8-3-6(4-8)1-7-2-6/h7H,1-4H2,(H,9,10). The van der Waals surface area contributed by atoms with Crippen LogP contribution in [0.5, 0.6) is 0 Å². The summed E-state index contributed by atoms with van der Waals surface area (Å²) in [5, 5.41) is 3.11. The largest absolute Gasteiger partial charge is 0.332 e. The van der Waals surface area contributed by atoms with Crippen molar-refractivity contribution >= 4 is 17.9 Å². The van der Waals surface area contributed by atoms with Gasteiger partial charge in [-0.3, -0.25) is 4.79 Å². The van der Waals surface area contributed by atoms with Gasteiger partial charge in [-0.1, -0.05) is 12.6 Å². The monoisotopic (exact) mass is 158 g/mol. The SMILES string of the molecule is O=C(S)N1CC2(CNC2)C1. The third kappa shape index (κ3) is 0.754. The first-order valence-corrected chi connectivity index (χ1v) is 3.85. The number of hydrogen-bond donors (Lipinski definition) is 2. The summed E-state index contributed by atoms with van der Waals surface area (Å²) < 4.78 is 0. The van der Waals surface area contributed by atoms with Gasteiger partial charge in [-0.15, -0.1) is 0 Å². The van der Waals surface area contributed by atoms with E-state index in [1.54, 1.807) is 4.90 Å². The van der Waals surface area contributed by atoms with Crippen LogP contribution in [0.4, 0.5) is 4.79 Å². The van der Waals surface area contributed by atoms with Gasteiger partial charge in [0, 0.05) is 31.6 Å². The third-order valence-electron chi connectivity index (χ3n) is 2.32. The molecule has 1 N–H and O–H groups in total. The summed E-state index contributed by atoms with van der Waals surface area (Å²) in [7, 11) is 0. The fraction of sp³-hybridized carbons (Fsp3) is 0.833. The number of amides is 1. The van der Waals surface area contributed by atoms with Crippen LogP contribution < -0.4 is 5.32 Å². The van der Waals surface area contributed by atoms with Crippen LogP contribution in [0, 0.1) is 5.41 Å². The molecule has 0 aromatic rings. The van der Waals surface area contributed by atoms with E-state index < -0.39 is 0 Å². The molecule has 2 aliphatic rings. The van der Waals surface area contributed by atoms with E-state index in [-0.39, 0.29) is 5.24 Å². The van der Waals surface area contributed by atoms with Crippen molar-refractivity contribution in [2.45, 2.75) is 0 Å². The predicted octanol–water partition coefficient (Wildman–Crippen LogP) is -0.0586. The normalized spacial score (nSPS) is 27.5. The smallest absolute Gasteiger partial charge is 0.278 e. The highest BCUT2D eigenvalue weighted by atomic mass is 32.1. The zero-order chi connectivity index (χ0) is 7.19. The maximum absolute atomic E-state index is 10.6. The van der Waals surface area contributed by atoms with Crippen molar-refractivity contribution in [2.75, 3.05) is 26.2 Å². The molecule has 0 atom stereocenters. The van der Waals surface area contributed by atoms with Crippen LogP contribution in [0.1, 0.15) is 0 Å². The summed E-state index contributed by atoms with van der Waals surface area (Å²) in [5.74, 6) is 0. The van der Waals surface area contributed by atoms with Crippen LogP contribution >= 0.6 is 12.6 Å². The molecule has 3 nitrogen and oxygen atoms in total. The maximum Gasteiger partial charge on any atom is 0.278 e. The Labute approximate surface area is 65.2 Å². The fourth-order valence-corrected chi connectivity index (χ4v) is 1.74. The number of nitrogens with zero attached hydrogens (tertiary/aromatic N) is 1. The molecule has 0 radical (unpaired) electrons. The quantitative estimate of drug-likeness (QED) is 0.484. The summed E-state index contributed by atoms with van der Waals surface area (Å²) in [6.07, 6.45) is 0. The molecule has 1 amide bonds. The molecule has 2 rings (SSSR count). The van der Waals surface area contributed by atoms with Crippen molar-refractivity contribution in [3.8, 4) is 0 Å². The summed E-state index contributed by atoms with van der Waals surface area (Å²) in [6, 6.07) is 0. The molecule has 1 spiro atoms. The summed E-state index contributed by atoms with van der Waals surface area (Å²) in [6.45, 7) is 3.96. The highest BCUT2D eigenvalue weighted by molar-refractivity contribution is 7.96. The molecule has 0 aromatic carbocycles. The number of hydrogen-bond acceptors (Lipinski definition) is 2. The zero-order valence-corrected chi connectivity index (χ0v) is 6.53. The van der Waals surface area contributed by atoms with E-state index in [2.05, 4.69) is 17.9 Å². The Kier molecular flexibility index (Phi) is 1.22. The molecule has 56 valence electrons. The summed E-state index contributed by atoms with van der Waals surface area (Å²) in [5.41, 5.74) is 0.443. The minimum atomic E-state index is -0.0856. The Bertz CT molecular complexity index is 171. The highest BCUT2D eigenvalue weighted by Crippen LogP contribution is 2.34. The van der Waals surface area contributed by atoms with E-state index in [9.17, 15) is 4.79 Å². The lowest BCUT2D eigenvalue weighted by molar-refractivity contribution is -0.00331. The number of carbonyl (C=O) groups excluding carboxylic acids is 1. The third-order valence-corrected chi connectivity index (χ3v) is 2.61. The molecule has 2 saturated heterocycles. The van der Waals surface area contributed by atoms with Crippen LogP contribution in [0.3, 0.4) is 0 Å². The van der Waals surface area contributed by atoms with Gasteiger partial charge in [0.25, 0.3) is 5.24 Å². The van der Waals surface area contributed by atoms with E-state index in [0.29, 0.717) is 5.41 Å². The first-order chi connectivity index (χ1) is 4.72. The van der Waals surface area contributed by atoms with Gasteiger partial charge < -0.3 is 10.2 Å². The molecule has 0 aromatic heterocycles. The van der Waals surface area contributed by atoms with Gasteiger partial charge in [-0.2, -0.15) is 0 Å². The Morgan fingerprint density at radius 2 is 2.10 bits per heavy atom. The van der Waals surface area contributed by atoms with Crippen LogP contribution in [-0.4, -0.2) is 36.3 Å². The Morgan fingerprint density at radius 1 is 1.50 bits per heavy atom. The lowest BCUT2D eigenvalue weighted by Crippen LogP contribution is -2.71. The molecular formula is C6H10N2OS. The first kappa shape index (κ1) is 6.49. The van der Waals surface area contributed by atoms with Gasteiger partial charge in [0.1, 0.15) is 0 Å². The molecule has 2 fully saturated rings. The Balaban J connectivity index is 1.88. The van der Waals surface area contributed by atoms with Crippen molar-refractivity contribution in [3.05, 3.63) is 0 Å². The van der Waals surface area contributed by atoms with Gasteiger partial charge >= 0.3 is 0 Å². The molecule has 0 aliphatic carbocycles. The number of likely N-dealkylation sites (tertiary alicyclic amines) is 1. The molecular weight excluding hydrogens is 148 g/mol. The van der Waals surface area contributed by atoms with E-state index in [1.807, 2.05) is 0 Å². The van der Waals surface area contributed by atoms with Crippen LogP contribution in [0.15, 0.2) is 0 Å². The van der Waals surface area contributed by atoms with Gasteiger partial charge in [0.2, 0.25) is 0 Å². The lowest BCUT2D eigenvalue weighted by atomic mass is 9.75. The van der Waals surface area contributed by atoms with Crippen LogP contribution in [0.2, 0.25) is 0 Å². The number of thiol groups is 1. The highest BCUT2D eigenvalue weighted by Gasteiger charge is 2.48. The second-order valence-electron chi connectivity index (χ2n) is 3.24. The molecule has 0 unspecified atom stereocenters. The van der Waals surface area contributed by atoms with Crippen molar-refractivity contribution in [1.29, 1.82) is 0 Å². The molecule has 0 bridgehead atoms. The molecule has 10 heavy (non-hydrogen) atoms. The second kappa shape index (κ2) is 1.89. The molecule has 0 saturated carbocycles. The van der Waals surface area contributed by atoms with Crippen LogP contribution in [0.25, 0.3) is 0 Å². The van der Waals surface area contributed by atoms with Gasteiger partial charge in [-0.25, -0.2) is 0 Å². The fourth-order valence-electron chi connectivity index (χ4n) is 1.60. The number of rotatable bonds is 0. The zero-order valence-electron chi connectivity index (χ0n) is 5.63. The second-order valence-corrected chi connectivity index (χ2v) is 3.62. The molecule has 2 aliphatic heterocycles. The minimum absolute atomic E-state index is 0.0856. The predicted molar refractivity (Wildman–Crippen MR) is 41.3 cm³/mol. The Hall–Kier alpha value is -0.220. The van der Waals surface area contributed by atoms with Gasteiger partial charge in [0.15, 0.2) is 0 Å². The van der Waals surface area contributed by atoms with Gasteiger partial charge in [-0.05, 0) is 0 Å². The number of carbonyl (C=O) groups is 1. The van der Waals surface area contributed by atoms with E-state index >= 15 is 0 Å². The summed E-state index contributed by atoms with van der Waals surface area (Å²) in [4.78, 5) is 12.4. The molecule has 4 heteroatoms. The average molecular weight is 158 g/mol.